The number of hydrogen-bond acceptors (Lipinski definition) is 4. The molecule has 0 fully saturated rings. The van der Waals surface area contributed by atoms with Crippen LogP contribution in [0.25, 0.3) is 0 Å². The summed E-state index contributed by atoms with van der Waals surface area (Å²) in [5, 5.41) is 11.4. The molecule has 0 aliphatic carbocycles. The quantitative estimate of drug-likeness (QED) is 0.470. The zero-order valence-corrected chi connectivity index (χ0v) is 9.81. The molecule has 0 amide bonds. The van der Waals surface area contributed by atoms with Gasteiger partial charge in [-0.1, -0.05) is 22.9 Å². The summed E-state index contributed by atoms with van der Waals surface area (Å²) in [4.78, 5) is 13.7. The van der Waals surface area contributed by atoms with Crippen molar-refractivity contribution in [3.63, 3.8) is 0 Å². The molecule has 1 heterocycles. The van der Waals surface area contributed by atoms with Crippen molar-refractivity contribution in [2.24, 2.45) is 5.92 Å². The number of nitro groups is 1. The van der Waals surface area contributed by atoms with Crippen LogP contribution in [-0.2, 0) is 0 Å². The van der Waals surface area contributed by atoms with Gasteiger partial charge >= 0.3 is 5.82 Å². The molecule has 0 aromatic carbocycles. The second kappa shape index (κ2) is 5.65. The minimum atomic E-state index is -0.547. The van der Waals surface area contributed by atoms with Crippen LogP contribution in [0.4, 0.5) is 5.82 Å². The van der Waals surface area contributed by atoms with Crippen LogP contribution in [0.15, 0.2) is 18.3 Å². The number of aromatic nitrogens is 1. The maximum absolute atomic E-state index is 10.6. The Balaban J connectivity index is 2.72. The summed E-state index contributed by atoms with van der Waals surface area (Å²) < 4.78 is 5.32. The Hall–Kier alpha value is -1.17. The molecule has 0 saturated carbocycles. The average molecular weight is 275 g/mol. The third kappa shape index (κ3) is 3.47. The molecule has 1 aromatic heterocycles. The van der Waals surface area contributed by atoms with Crippen molar-refractivity contribution in [2.75, 3.05) is 11.9 Å². The van der Waals surface area contributed by atoms with Gasteiger partial charge in [-0.3, -0.25) is 0 Å². The maximum atomic E-state index is 10.6. The van der Waals surface area contributed by atoms with Gasteiger partial charge in [-0.15, -0.1) is 0 Å². The Morgan fingerprint density at radius 2 is 2.47 bits per heavy atom. The smallest absolute Gasteiger partial charge is 0.406 e. The summed E-state index contributed by atoms with van der Waals surface area (Å²) in [5.41, 5.74) is 0. The van der Waals surface area contributed by atoms with E-state index in [0.29, 0.717) is 12.5 Å². The Morgan fingerprint density at radius 1 is 1.73 bits per heavy atom. The zero-order chi connectivity index (χ0) is 11.3. The van der Waals surface area contributed by atoms with E-state index in [4.69, 9.17) is 4.74 Å². The molecule has 0 saturated heterocycles. The zero-order valence-electron chi connectivity index (χ0n) is 8.22. The third-order valence-corrected chi connectivity index (χ3v) is 2.82. The van der Waals surface area contributed by atoms with E-state index in [-0.39, 0.29) is 11.6 Å². The predicted octanol–water partition coefficient (Wildman–Crippen LogP) is 2.40. The van der Waals surface area contributed by atoms with Crippen molar-refractivity contribution in [3.8, 4) is 5.75 Å². The molecule has 6 heteroatoms. The van der Waals surface area contributed by atoms with Crippen LogP contribution in [0.1, 0.15) is 6.92 Å². The van der Waals surface area contributed by atoms with Crippen molar-refractivity contribution >= 4 is 21.7 Å². The van der Waals surface area contributed by atoms with E-state index in [2.05, 4.69) is 20.9 Å². The van der Waals surface area contributed by atoms with E-state index in [0.717, 1.165) is 5.33 Å². The van der Waals surface area contributed by atoms with Gasteiger partial charge in [0.15, 0.2) is 0 Å². The fraction of sp³-hybridized carbons (Fsp3) is 0.444. The molecule has 0 aliphatic heterocycles. The van der Waals surface area contributed by atoms with E-state index < -0.39 is 4.92 Å². The summed E-state index contributed by atoms with van der Waals surface area (Å²) in [6, 6.07) is 3.16. The second-order valence-electron chi connectivity index (χ2n) is 3.15. The molecule has 0 spiro atoms. The summed E-state index contributed by atoms with van der Waals surface area (Å²) in [7, 11) is 0. The van der Waals surface area contributed by atoms with E-state index in [1.54, 1.807) is 12.1 Å². The molecule has 0 bridgehead atoms. The summed E-state index contributed by atoms with van der Waals surface area (Å²) in [5.74, 6) is 0.277. The maximum Gasteiger partial charge on any atom is 0.406 e. The standard InChI is InChI=1S/C9H11BrN2O3/c1-7(5-10)6-15-8-3-2-4-11-9(8)12(13)14/h2-4,7H,5-6H2,1H3. The number of alkyl halides is 1. The first-order valence-electron chi connectivity index (χ1n) is 4.43. The van der Waals surface area contributed by atoms with Crippen molar-refractivity contribution in [3.05, 3.63) is 28.4 Å². The first-order valence-corrected chi connectivity index (χ1v) is 5.55. The van der Waals surface area contributed by atoms with E-state index in [9.17, 15) is 10.1 Å². The molecular formula is C9H11BrN2O3. The lowest BCUT2D eigenvalue weighted by atomic mass is 10.2. The first-order chi connectivity index (χ1) is 7.15. The molecule has 1 atom stereocenters. The topological polar surface area (TPSA) is 65.3 Å². The largest absolute Gasteiger partial charge is 0.485 e. The average Bonchev–Trinajstić information content (AvgIpc) is 2.26. The Kier molecular flexibility index (Phi) is 4.48. The van der Waals surface area contributed by atoms with Crippen LogP contribution in [0.5, 0.6) is 5.75 Å². The van der Waals surface area contributed by atoms with Crippen LogP contribution in [0, 0.1) is 16.0 Å². The van der Waals surface area contributed by atoms with Gasteiger partial charge in [0.05, 0.1) is 6.61 Å². The fourth-order valence-corrected chi connectivity index (χ4v) is 1.10. The van der Waals surface area contributed by atoms with Gasteiger partial charge < -0.3 is 14.9 Å². The third-order valence-electron chi connectivity index (χ3n) is 1.71. The van der Waals surface area contributed by atoms with Crippen LogP contribution < -0.4 is 4.74 Å². The lowest BCUT2D eigenvalue weighted by Gasteiger charge is -2.09. The predicted molar refractivity (Wildman–Crippen MR) is 59.3 cm³/mol. The van der Waals surface area contributed by atoms with Gasteiger partial charge in [0, 0.05) is 5.33 Å². The molecular weight excluding hydrogens is 264 g/mol. The summed E-state index contributed by atoms with van der Waals surface area (Å²) >= 11 is 3.31. The van der Waals surface area contributed by atoms with Crippen molar-refractivity contribution in [1.29, 1.82) is 0 Å². The minimum Gasteiger partial charge on any atom is -0.485 e. The highest BCUT2D eigenvalue weighted by molar-refractivity contribution is 9.09. The van der Waals surface area contributed by atoms with Gasteiger partial charge in [-0.25, -0.2) is 0 Å². The van der Waals surface area contributed by atoms with Crippen LogP contribution >= 0.6 is 15.9 Å². The molecule has 0 radical (unpaired) electrons. The number of hydrogen-bond donors (Lipinski definition) is 0. The highest BCUT2D eigenvalue weighted by atomic mass is 79.9. The van der Waals surface area contributed by atoms with E-state index in [1.807, 2.05) is 6.92 Å². The number of nitrogens with zero attached hydrogens (tertiary/aromatic N) is 2. The summed E-state index contributed by atoms with van der Waals surface area (Å²) in [6.07, 6.45) is 1.37. The van der Waals surface area contributed by atoms with Crippen molar-refractivity contribution < 1.29 is 9.66 Å². The lowest BCUT2D eigenvalue weighted by molar-refractivity contribution is -0.390. The van der Waals surface area contributed by atoms with E-state index in [1.165, 1.54) is 6.20 Å². The monoisotopic (exact) mass is 274 g/mol. The highest BCUT2D eigenvalue weighted by Crippen LogP contribution is 2.23. The highest BCUT2D eigenvalue weighted by Gasteiger charge is 2.15. The molecule has 0 N–H and O–H groups in total. The molecule has 0 aliphatic rings. The molecule has 1 unspecified atom stereocenters. The van der Waals surface area contributed by atoms with Crippen molar-refractivity contribution in [2.45, 2.75) is 6.92 Å². The molecule has 1 aromatic rings. The van der Waals surface area contributed by atoms with Crippen molar-refractivity contribution in [1.82, 2.24) is 4.98 Å². The lowest BCUT2D eigenvalue weighted by Crippen LogP contribution is -2.10. The van der Waals surface area contributed by atoms with Crippen LogP contribution in [-0.4, -0.2) is 21.8 Å². The Morgan fingerprint density at radius 3 is 3.07 bits per heavy atom. The number of rotatable bonds is 5. The molecule has 15 heavy (non-hydrogen) atoms. The van der Waals surface area contributed by atoms with Crippen LogP contribution in [0.2, 0.25) is 0 Å². The number of ether oxygens (including phenoxy) is 1. The normalized spacial score (nSPS) is 12.1. The minimum absolute atomic E-state index is 0.218. The second-order valence-corrected chi connectivity index (χ2v) is 3.80. The van der Waals surface area contributed by atoms with Gasteiger partial charge in [0.1, 0.15) is 6.20 Å². The SMILES string of the molecule is CC(CBr)COc1cccnc1[N+](=O)[O-]. The molecule has 5 nitrogen and oxygen atoms in total. The number of halogens is 1. The fourth-order valence-electron chi connectivity index (χ4n) is 0.909. The van der Waals surface area contributed by atoms with Gasteiger partial charge in [-0.2, -0.15) is 0 Å². The van der Waals surface area contributed by atoms with Crippen LogP contribution in [0.3, 0.4) is 0 Å². The number of pyridine rings is 1. The van der Waals surface area contributed by atoms with Gasteiger partial charge in [0.25, 0.3) is 0 Å². The van der Waals surface area contributed by atoms with Gasteiger partial charge in [0.2, 0.25) is 5.75 Å². The molecule has 1 rings (SSSR count). The Bertz CT molecular complexity index is 346. The summed E-state index contributed by atoms with van der Waals surface area (Å²) in [6.45, 7) is 2.41. The molecule has 82 valence electrons. The van der Waals surface area contributed by atoms with E-state index >= 15 is 0 Å². The Labute approximate surface area is 95.7 Å². The van der Waals surface area contributed by atoms with Gasteiger partial charge in [-0.05, 0) is 28.0 Å². The first kappa shape index (κ1) is 11.9.